The first-order valence-corrected chi connectivity index (χ1v) is 6.95. The van der Waals surface area contributed by atoms with E-state index in [-0.39, 0.29) is 11.6 Å². The van der Waals surface area contributed by atoms with Crippen molar-refractivity contribution in [2.75, 3.05) is 5.32 Å². The van der Waals surface area contributed by atoms with Crippen LogP contribution in [-0.2, 0) is 0 Å². The third kappa shape index (κ3) is 2.55. The largest absolute Gasteiger partial charge is 0.320 e. The van der Waals surface area contributed by atoms with Crippen LogP contribution in [0.3, 0.4) is 0 Å². The first-order valence-electron chi connectivity index (χ1n) is 6.95. The summed E-state index contributed by atoms with van der Waals surface area (Å²) in [5.41, 5.74) is 1.25. The lowest BCUT2D eigenvalue weighted by Gasteiger charge is -2.08. The summed E-state index contributed by atoms with van der Waals surface area (Å²) >= 11 is 0. The predicted octanol–water partition coefficient (Wildman–Crippen LogP) is 3.40. The van der Waals surface area contributed by atoms with Crippen LogP contribution in [0.4, 0.5) is 10.1 Å². The molecule has 0 fully saturated rings. The summed E-state index contributed by atoms with van der Waals surface area (Å²) in [6, 6.07) is 7.82. The van der Waals surface area contributed by atoms with E-state index < -0.39 is 11.7 Å². The summed E-state index contributed by atoms with van der Waals surface area (Å²) in [5, 5.41) is 7.74. The van der Waals surface area contributed by atoms with E-state index in [1.54, 1.807) is 35.3 Å². The maximum atomic E-state index is 13.6. The molecule has 22 heavy (non-hydrogen) atoms. The molecule has 0 aliphatic rings. The molecule has 0 unspecified atom stereocenters. The molecule has 0 saturated heterocycles. The van der Waals surface area contributed by atoms with Gasteiger partial charge in [0.25, 0.3) is 5.91 Å². The molecule has 1 N–H and O–H groups in total. The van der Waals surface area contributed by atoms with E-state index in [2.05, 4.69) is 15.4 Å². The van der Waals surface area contributed by atoms with Crippen molar-refractivity contribution in [2.45, 2.75) is 19.9 Å². The topological polar surface area (TPSA) is 59.8 Å². The van der Waals surface area contributed by atoms with E-state index >= 15 is 0 Å². The molecule has 2 aromatic heterocycles. The zero-order valence-corrected chi connectivity index (χ0v) is 12.2. The van der Waals surface area contributed by atoms with Crippen LogP contribution >= 0.6 is 0 Å². The molecular weight excluding hydrogens is 283 g/mol. The number of pyridine rings is 1. The predicted molar refractivity (Wildman–Crippen MR) is 82.3 cm³/mol. The van der Waals surface area contributed by atoms with Crippen LogP contribution in [0.5, 0.6) is 0 Å². The van der Waals surface area contributed by atoms with Crippen molar-refractivity contribution in [1.29, 1.82) is 0 Å². The first kappa shape index (κ1) is 14.2. The van der Waals surface area contributed by atoms with Crippen LogP contribution in [0.25, 0.3) is 11.0 Å². The smallest absolute Gasteiger partial charge is 0.258 e. The molecule has 112 valence electrons. The Morgan fingerprint density at radius 1 is 1.27 bits per heavy atom. The lowest BCUT2D eigenvalue weighted by Crippen LogP contribution is -2.13. The Labute approximate surface area is 126 Å². The van der Waals surface area contributed by atoms with Gasteiger partial charge in [-0.3, -0.25) is 4.79 Å². The normalized spacial score (nSPS) is 11.1. The summed E-state index contributed by atoms with van der Waals surface area (Å²) in [7, 11) is 0. The number of amides is 1. The van der Waals surface area contributed by atoms with E-state index in [0.717, 1.165) is 11.0 Å². The molecule has 3 rings (SSSR count). The van der Waals surface area contributed by atoms with Gasteiger partial charge in [-0.2, -0.15) is 5.10 Å². The Balaban J connectivity index is 1.88. The van der Waals surface area contributed by atoms with Crippen LogP contribution in [0, 0.1) is 5.82 Å². The molecule has 6 heteroatoms. The fourth-order valence-corrected chi connectivity index (χ4v) is 2.23. The minimum absolute atomic E-state index is 0.000438. The maximum Gasteiger partial charge on any atom is 0.258 e. The van der Waals surface area contributed by atoms with Crippen molar-refractivity contribution < 1.29 is 9.18 Å². The van der Waals surface area contributed by atoms with Crippen LogP contribution < -0.4 is 5.32 Å². The van der Waals surface area contributed by atoms with Crippen LogP contribution in [0.15, 0.2) is 42.7 Å². The molecule has 0 aliphatic heterocycles. The monoisotopic (exact) mass is 298 g/mol. The van der Waals surface area contributed by atoms with Crippen molar-refractivity contribution in [1.82, 2.24) is 14.8 Å². The Morgan fingerprint density at radius 2 is 2.05 bits per heavy atom. The summed E-state index contributed by atoms with van der Waals surface area (Å²) in [6.07, 6.45) is 3.24. The van der Waals surface area contributed by atoms with Gasteiger partial charge in [0.2, 0.25) is 0 Å². The van der Waals surface area contributed by atoms with E-state index in [1.165, 1.54) is 12.1 Å². The van der Waals surface area contributed by atoms with Gasteiger partial charge in [-0.05, 0) is 32.0 Å². The third-order valence-corrected chi connectivity index (χ3v) is 3.30. The highest BCUT2D eigenvalue weighted by molar-refractivity contribution is 6.04. The van der Waals surface area contributed by atoms with Gasteiger partial charge in [-0.15, -0.1) is 0 Å². The van der Waals surface area contributed by atoms with Gasteiger partial charge in [0.05, 0.1) is 23.6 Å². The summed E-state index contributed by atoms with van der Waals surface area (Å²) in [4.78, 5) is 16.4. The lowest BCUT2D eigenvalue weighted by atomic mass is 10.2. The molecule has 0 saturated carbocycles. The molecule has 1 amide bonds. The molecule has 0 aliphatic carbocycles. The average molecular weight is 298 g/mol. The van der Waals surface area contributed by atoms with Crippen molar-refractivity contribution in [3.05, 3.63) is 54.1 Å². The van der Waals surface area contributed by atoms with Crippen LogP contribution in [0.1, 0.15) is 30.2 Å². The van der Waals surface area contributed by atoms with Crippen molar-refractivity contribution in [2.24, 2.45) is 0 Å². The molecule has 0 bridgehead atoms. The Morgan fingerprint density at radius 3 is 2.77 bits per heavy atom. The van der Waals surface area contributed by atoms with Gasteiger partial charge in [0, 0.05) is 11.4 Å². The van der Waals surface area contributed by atoms with Gasteiger partial charge < -0.3 is 5.32 Å². The molecule has 3 aromatic rings. The quantitative estimate of drug-likeness (QED) is 0.806. The Hall–Kier alpha value is -2.76. The number of hydrogen-bond acceptors (Lipinski definition) is 3. The molecule has 5 nitrogen and oxygen atoms in total. The number of carbonyl (C=O) groups excluding carboxylic acids is 1. The molecule has 0 radical (unpaired) electrons. The molecule has 0 spiro atoms. The number of halogens is 1. The second-order valence-electron chi connectivity index (χ2n) is 5.25. The minimum atomic E-state index is -0.554. The van der Waals surface area contributed by atoms with Crippen molar-refractivity contribution in [3.63, 3.8) is 0 Å². The highest BCUT2D eigenvalue weighted by atomic mass is 19.1. The number of anilines is 1. The second kappa shape index (κ2) is 5.55. The molecule has 1 aromatic carbocycles. The Kier molecular flexibility index (Phi) is 3.58. The zero-order valence-electron chi connectivity index (χ0n) is 12.2. The number of hydrogen-bond donors (Lipinski definition) is 1. The fraction of sp³-hybridized carbons (Fsp3) is 0.188. The number of rotatable bonds is 3. The molecule has 0 atom stereocenters. The second-order valence-corrected chi connectivity index (χ2v) is 5.25. The number of nitrogens with one attached hydrogen (secondary N) is 1. The standard InChI is InChI=1S/C16H15FN4O/c1-10(2)21-15-11(8-19-21)7-12(9-18-15)20-16(22)13-5-3-4-6-14(13)17/h3-10H,1-2H3,(H,20,22). The lowest BCUT2D eigenvalue weighted by molar-refractivity contribution is 0.102. The first-order chi connectivity index (χ1) is 10.6. The number of benzene rings is 1. The van der Waals surface area contributed by atoms with E-state index in [9.17, 15) is 9.18 Å². The summed E-state index contributed by atoms with van der Waals surface area (Å²) in [6.45, 7) is 4.03. The number of nitrogens with zero attached hydrogens (tertiary/aromatic N) is 3. The van der Waals surface area contributed by atoms with Crippen molar-refractivity contribution >= 4 is 22.6 Å². The fourth-order valence-electron chi connectivity index (χ4n) is 2.23. The summed E-state index contributed by atoms with van der Waals surface area (Å²) < 4.78 is 15.4. The van der Waals surface area contributed by atoms with E-state index in [0.29, 0.717) is 5.69 Å². The van der Waals surface area contributed by atoms with Gasteiger partial charge in [0.15, 0.2) is 5.65 Å². The van der Waals surface area contributed by atoms with Gasteiger partial charge in [0.1, 0.15) is 5.82 Å². The van der Waals surface area contributed by atoms with Gasteiger partial charge >= 0.3 is 0 Å². The highest BCUT2D eigenvalue weighted by Crippen LogP contribution is 2.19. The van der Waals surface area contributed by atoms with Gasteiger partial charge in [-0.25, -0.2) is 14.1 Å². The number of carbonyl (C=O) groups is 1. The number of fused-ring (bicyclic) bond motifs is 1. The van der Waals surface area contributed by atoms with E-state index in [4.69, 9.17) is 0 Å². The van der Waals surface area contributed by atoms with Crippen molar-refractivity contribution in [3.8, 4) is 0 Å². The SMILES string of the molecule is CC(C)n1ncc2cc(NC(=O)c3ccccc3F)cnc21. The van der Waals surface area contributed by atoms with Gasteiger partial charge in [-0.1, -0.05) is 12.1 Å². The number of aromatic nitrogens is 3. The highest BCUT2D eigenvalue weighted by Gasteiger charge is 2.13. The van der Waals surface area contributed by atoms with Crippen LogP contribution in [-0.4, -0.2) is 20.7 Å². The Bertz CT molecular complexity index is 841. The van der Waals surface area contributed by atoms with E-state index in [1.807, 2.05) is 13.8 Å². The zero-order chi connectivity index (χ0) is 15.7. The maximum absolute atomic E-state index is 13.6. The van der Waals surface area contributed by atoms with Crippen LogP contribution in [0.2, 0.25) is 0 Å². The minimum Gasteiger partial charge on any atom is -0.320 e. The third-order valence-electron chi connectivity index (χ3n) is 3.30. The summed E-state index contributed by atoms with van der Waals surface area (Å²) in [5.74, 6) is -1.06. The average Bonchev–Trinajstić information content (AvgIpc) is 2.91. The molecular formula is C16H15FN4O. The molecule has 2 heterocycles.